The summed E-state index contributed by atoms with van der Waals surface area (Å²) in [4.78, 5) is 39.3. The summed E-state index contributed by atoms with van der Waals surface area (Å²) in [5, 5.41) is 9.27. The predicted molar refractivity (Wildman–Crippen MR) is 109 cm³/mol. The van der Waals surface area contributed by atoms with E-state index in [9.17, 15) is 14.7 Å². The Hall–Kier alpha value is -3.84. The average Bonchev–Trinajstić information content (AvgIpc) is 3.19. The van der Waals surface area contributed by atoms with Crippen molar-refractivity contribution >= 4 is 28.7 Å². The van der Waals surface area contributed by atoms with Crippen molar-refractivity contribution in [1.29, 1.82) is 0 Å². The molecule has 0 fully saturated rings. The van der Waals surface area contributed by atoms with Crippen LogP contribution < -0.4 is 4.90 Å². The van der Waals surface area contributed by atoms with Crippen LogP contribution in [0.2, 0.25) is 0 Å². The minimum atomic E-state index is -0.488. The Morgan fingerprint density at radius 3 is 2.03 bits per heavy atom. The fourth-order valence-corrected chi connectivity index (χ4v) is 3.17. The zero-order chi connectivity index (χ0) is 20.2. The molecule has 4 aromatic rings. The lowest BCUT2D eigenvalue weighted by atomic mass is 10.1. The highest BCUT2D eigenvalue weighted by Gasteiger charge is 2.29. The molecule has 2 N–H and O–H groups in total. The molecular weight excluding hydrogens is 368 g/mol. The van der Waals surface area contributed by atoms with Crippen molar-refractivity contribution < 1.29 is 14.7 Å². The van der Waals surface area contributed by atoms with Crippen molar-refractivity contribution in [2.24, 2.45) is 0 Å². The molecule has 2 amide bonds. The molecule has 7 nitrogen and oxygen atoms in total. The number of hydrogen-bond acceptors (Lipinski definition) is 5. The van der Waals surface area contributed by atoms with Gasteiger partial charge in [0.1, 0.15) is 11.8 Å². The summed E-state index contributed by atoms with van der Waals surface area (Å²) < 4.78 is 0. The third kappa shape index (κ3) is 3.51. The van der Waals surface area contributed by atoms with Gasteiger partial charge >= 0.3 is 0 Å². The molecule has 144 valence electrons. The lowest BCUT2D eigenvalue weighted by molar-refractivity contribution is 0.0897. The van der Waals surface area contributed by atoms with E-state index in [1.54, 1.807) is 66.9 Å². The van der Waals surface area contributed by atoms with E-state index >= 15 is 0 Å². The lowest BCUT2D eigenvalue weighted by Crippen LogP contribution is -2.38. The van der Waals surface area contributed by atoms with Gasteiger partial charge < -0.3 is 10.1 Å². The molecule has 0 unspecified atom stereocenters. The second-order valence-corrected chi connectivity index (χ2v) is 6.39. The molecule has 2 heterocycles. The van der Waals surface area contributed by atoms with Crippen LogP contribution in [0.15, 0.2) is 73.2 Å². The number of H-pyrrole nitrogens is 1. The van der Waals surface area contributed by atoms with Crippen LogP contribution >= 0.6 is 0 Å². The van der Waals surface area contributed by atoms with Gasteiger partial charge in [0.25, 0.3) is 11.8 Å². The second kappa shape index (κ2) is 8.04. The predicted octanol–water partition coefficient (Wildman–Crippen LogP) is 2.98. The number of aliphatic hydroxyl groups excluding tert-OH is 1. The molecule has 29 heavy (non-hydrogen) atoms. The Bertz CT molecular complexity index is 1110. The van der Waals surface area contributed by atoms with E-state index in [-0.39, 0.29) is 12.4 Å². The molecule has 0 atom stereocenters. The summed E-state index contributed by atoms with van der Waals surface area (Å²) in [7, 11) is 0. The van der Waals surface area contributed by atoms with Crippen LogP contribution in [0.1, 0.15) is 26.3 Å². The Morgan fingerprint density at radius 1 is 0.897 bits per heavy atom. The molecule has 4 rings (SSSR count). The van der Waals surface area contributed by atoms with Crippen molar-refractivity contribution in [3.8, 4) is 0 Å². The molecule has 0 aliphatic rings. The number of carbonyl (C=O) groups excluding carboxylic acids is 2. The number of aromatic nitrogens is 3. The van der Waals surface area contributed by atoms with Gasteiger partial charge in [0.05, 0.1) is 5.52 Å². The molecule has 0 saturated heterocycles. The molecule has 0 saturated carbocycles. The number of carbonyl (C=O) groups is 2. The van der Waals surface area contributed by atoms with Crippen LogP contribution in [0, 0.1) is 0 Å². The summed E-state index contributed by atoms with van der Waals surface area (Å²) in [5.41, 5.74) is 2.54. The van der Waals surface area contributed by atoms with E-state index < -0.39 is 11.8 Å². The summed E-state index contributed by atoms with van der Waals surface area (Å²) in [6.45, 7) is -0.0398. The van der Waals surface area contributed by atoms with Gasteiger partial charge in [0.15, 0.2) is 5.82 Å². The highest BCUT2D eigenvalue weighted by atomic mass is 16.3. The average molecular weight is 386 g/mol. The highest BCUT2D eigenvalue weighted by molar-refractivity contribution is 6.27. The van der Waals surface area contributed by atoms with Crippen LogP contribution in [0.4, 0.5) is 5.82 Å². The summed E-state index contributed by atoms with van der Waals surface area (Å²) in [5.74, 6) is -0.808. The fraction of sp³-hybridized carbons (Fsp3) is 0.0909. The number of fused-ring (bicyclic) bond motifs is 1. The second-order valence-electron chi connectivity index (χ2n) is 6.39. The fourth-order valence-electron chi connectivity index (χ4n) is 3.17. The number of nitrogens with zero attached hydrogens (tertiary/aromatic N) is 3. The molecule has 0 aliphatic heterocycles. The van der Waals surface area contributed by atoms with Crippen molar-refractivity contribution in [2.45, 2.75) is 6.42 Å². The van der Waals surface area contributed by atoms with Crippen LogP contribution in [0.5, 0.6) is 0 Å². The van der Waals surface area contributed by atoms with Crippen molar-refractivity contribution in [1.82, 2.24) is 15.0 Å². The first-order chi connectivity index (χ1) is 14.2. The third-order valence-electron chi connectivity index (χ3n) is 4.56. The lowest BCUT2D eigenvalue weighted by Gasteiger charge is -2.20. The van der Waals surface area contributed by atoms with E-state index in [4.69, 9.17) is 0 Å². The Kier molecular flexibility index (Phi) is 5.13. The topological polar surface area (TPSA) is 99.2 Å². The maximum absolute atomic E-state index is 13.3. The van der Waals surface area contributed by atoms with Gasteiger partial charge in [-0.3, -0.25) is 9.59 Å². The van der Waals surface area contributed by atoms with Crippen LogP contribution in [0.25, 0.3) is 11.0 Å². The molecule has 2 aromatic carbocycles. The normalized spacial score (nSPS) is 10.8. The van der Waals surface area contributed by atoms with Gasteiger partial charge in [-0.1, -0.05) is 36.4 Å². The number of imide groups is 1. The first kappa shape index (κ1) is 18.5. The van der Waals surface area contributed by atoms with Crippen molar-refractivity contribution in [2.75, 3.05) is 11.5 Å². The maximum Gasteiger partial charge on any atom is 0.266 e. The largest absolute Gasteiger partial charge is 0.396 e. The van der Waals surface area contributed by atoms with Gasteiger partial charge in [0, 0.05) is 23.9 Å². The maximum atomic E-state index is 13.3. The molecule has 0 spiro atoms. The number of hydrogen-bond donors (Lipinski definition) is 2. The number of aliphatic hydroxyl groups is 1. The Morgan fingerprint density at radius 2 is 1.48 bits per heavy atom. The number of rotatable bonds is 5. The van der Waals surface area contributed by atoms with Gasteiger partial charge in [0.2, 0.25) is 0 Å². The van der Waals surface area contributed by atoms with E-state index in [1.807, 2.05) is 0 Å². The zero-order valence-corrected chi connectivity index (χ0v) is 15.4. The van der Waals surface area contributed by atoms with Gasteiger partial charge in [-0.25, -0.2) is 14.9 Å². The first-order valence-electron chi connectivity index (χ1n) is 9.11. The number of benzene rings is 2. The van der Waals surface area contributed by atoms with Gasteiger partial charge in [-0.05, 0) is 36.2 Å². The first-order valence-corrected chi connectivity index (χ1v) is 9.11. The minimum Gasteiger partial charge on any atom is -0.396 e. The standard InChI is InChI=1S/C22H18N4O3/c27-12-11-17-13-23-19-18(17)24-14-25-20(19)26(21(28)15-7-3-1-4-8-15)22(29)16-9-5-2-6-10-16/h1-10,13-14,23,27H,11-12H2. The Labute approximate surface area is 166 Å². The minimum absolute atomic E-state index is 0.0398. The van der Waals surface area contributed by atoms with Crippen LogP contribution in [-0.2, 0) is 6.42 Å². The SMILES string of the molecule is O=C(c1ccccc1)N(C(=O)c1ccccc1)c1ncnc2c(CCO)c[nH]c12. The van der Waals surface area contributed by atoms with Gasteiger partial charge in [-0.2, -0.15) is 0 Å². The smallest absolute Gasteiger partial charge is 0.266 e. The van der Waals surface area contributed by atoms with E-state index in [2.05, 4.69) is 15.0 Å². The molecular formula is C22H18N4O3. The molecule has 0 radical (unpaired) electrons. The molecule has 7 heteroatoms. The summed E-state index contributed by atoms with van der Waals surface area (Å²) in [6.07, 6.45) is 3.42. The zero-order valence-electron chi connectivity index (χ0n) is 15.4. The van der Waals surface area contributed by atoms with Gasteiger partial charge in [-0.15, -0.1) is 0 Å². The van der Waals surface area contributed by atoms with E-state index in [0.29, 0.717) is 28.6 Å². The Balaban J connectivity index is 1.88. The molecule has 0 aliphatic carbocycles. The quantitative estimate of drug-likeness (QED) is 0.514. The monoisotopic (exact) mass is 386 g/mol. The van der Waals surface area contributed by atoms with Crippen molar-refractivity contribution in [3.05, 3.63) is 89.9 Å². The van der Waals surface area contributed by atoms with Crippen molar-refractivity contribution in [3.63, 3.8) is 0 Å². The molecule has 0 bridgehead atoms. The van der Waals surface area contributed by atoms with Crippen LogP contribution in [0.3, 0.4) is 0 Å². The third-order valence-corrected chi connectivity index (χ3v) is 4.56. The summed E-state index contributed by atoms with van der Waals surface area (Å²) in [6, 6.07) is 17.2. The molecule has 2 aromatic heterocycles. The van der Waals surface area contributed by atoms with Crippen LogP contribution in [-0.4, -0.2) is 38.5 Å². The number of amides is 2. The van der Waals surface area contributed by atoms with E-state index in [0.717, 1.165) is 10.5 Å². The van der Waals surface area contributed by atoms with E-state index in [1.165, 1.54) is 6.33 Å². The highest BCUT2D eigenvalue weighted by Crippen LogP contribution is 2.27. The number of nitrogens with one attached hydrogen (secondary N) is 1. The number of anilines is 1. The summed E-state index contributed by atoms with van der Waals surface area (Å²) >= 11 is 0. The number of aromatic amines is 1.